The van der Waals surface area contributed by atoms with Gasteiger partial charge in [0.05, 0.1) is 6.07 Å². The molecule has 0 saturated carbocycles. The van der Waals surface area contributed by atoms with Gasteiger partial charge >= 0.3 is 0 Å². The molecule has 0 bridgehead atoms. The van der Waals surface area contributed by atoms with Crippen molar-refractivity contribution in [2.45, 2.75) is 26.7 Å². The van der Waals surface area contributed by atoms with Crippen LogP contribution in [-0.2, 0) is 6.42 Å². The van der Waals surface area contributed by atoms with Gasteiger partial charge in [-0.3, -0.25) is 0 Å². The van der Waals surface area contributed by atoms with Crippen molar-refractivity contribution in [2.24, 2.45) is 0 Å². The van der Waals surface area contributed by atoms with Crippen LogP contribution in [0, 0.1) is 11.3 Å². The van der Waals surface area contributed by atoms with Crippen molar-refractivity contribution in [3.8, 4) is 11.8 Å². The molecule has 1 aromatic carbocycles. The molecule has 3 nitrogen and oxygen atoms in total. The molecule has 0 unspecified atom stereocenters. The number of hydrogen-bond acceptors (Lipinski definition) is 3. The number of nitriles is 1. The lowest BCUT2D eigenvalue weighted by Gasteiger charge is -2.21. The van der Waals surface area contributed by atoms with Crippen LogP contribution in [0.4, 0.5) is 5.69 Å². The van der Waals surface area contributed by atoms with E-state index in [2.05, 4.69) is 24.8 Å². The second kappa shape index (κ2) is 6.02. The minimum Gasteiger partial charge on any atom is -0.508 e. The van der Waals surface area contributed by atoms with Crippen molar-refractivity contribution in [3.63, 3.8) is 0 Å². The summed E-state index contributed by atoms with van der Waals surface area (Å²) in [4.78, 5) is 2.17. The van der Waals surface area contributed by atoms with Crippen LogP contribution in [0.1, 0.15) is 25.8 Å². The fraction of sp³-hybridized carbons (Fsp3) is 0.462. The Balaban J connectivity index is 2.86. The second-order valence-electron chi connectivity index (χ2n) is 3.64. The van der Waals surface area contributed by atoms with Gasteiger partial charge in [-0.25, -0.2) is 0 Å². The maximum atomic E-state index is 9.82. The number of rotatable bonds is 5. The van der Waals surface area contributed by atoms with Crippen LogP contribution >= 0.6 is 0 Å². The number of aryl methyl sites for hydroxylation is 1. The highest BCUT2D eigenvalue weighted by Crippen LogP contribution is 2.25. The first kappa shape index (κ1) is 12.4. The van der Waals surface area contributed by atoms with Gasteiger partial charge in [-0.05, 0) is 31.9 Å². The van der Waals surface area contributed by atoms with E-state index in [9.17, 15) is 5.11 Å². The normalized spacial score (nSPS) is 9.81. The molecule has 1 aromatic rings. The molecule has 0 heterocycles. The Labute approximate surface area is 96.9 Å². The van der Waals surface area contributed by atoms with Gasteiger partial charge in [-0.2, -0.15) is 5.26 Å². The number of hydrogen-bond donors (Lipinski definition) is 1. The highest BCUT2D eigenvalue weighted by atomic mass is 16.3. The topological polar surface area (TPSA) is 47.3 Å². The van der Waals surface area contributed by atoms with Gasteiger partial charge in [0.25, 0.3) is 0 Å². The van der Waals surface area contributed by atoms with E-state index in [1.807, 2.05) is 12.1 Å². The van der Waals surface area contributed by atoms with Crippen LogP contribution in [0.25, 0.3) is 0 Å². The number of anilines is 1. The largest absolute Gasteiger partial charge is 0.508 e. The SMILES string of the molecule is CCN(CC)c1ccc(CCC#N)c(O)c1. The molecule has 0 radical (unpaired) electrons. The molecule has 0 atom stereocenters. The summed E-state index contributed by atoms with van der Waals surface area (Å²) in [5.74, 6) is 0.291. The summed E-state index contributed by atoms with van der Waals surface area (Å²) in [5.41, 5.74) is 1.88. The van der Waals surface area contributed by atoms with Gasteiger partial charge in [0.1, 0.15) is 5.75 Å². The molecule has 0 aliphatic heterocycles. The van der Waals surface area contributed by atoms with E-state index in [1.165, 1.54) is 0 Å². The lowest BCUT2D eigenvalue weighted by atomic mass is 10.1. The van der Waals surface area contributed by atoms with E-state index in [0.29, 0.717) is 18.6 Å². The average Bonchev–Trinajstić information content (AvgIpc) is 2.29. The third-order valence-corrected chi connectivity index (χ3v) is 2.70. The summed E-state index contributed by atoms with van der Waals surface area (Å²) in [7, 11) is 0. The van der Waals surface area contributed by atoms with Crippen LogP contribution in [0.2, 0.25) is 0 Å². The minimum atomic E-state index is 0.291. The lowest BCUT2D eigenvalue weighted by Crippen LogP contribution is -2.21. The number of benzene rings is 1. The monoisotopic (exact) mass is 218 g/mol. The molecule has 86 valence electrons. The van der Waals surface area contributed by atoms with Gasteiger partial charge in [0.2, 0.25) is 0 Å². The van der Waals surface area contributed by atoms with E-state index < -0.39 is 0 Å². The molecule has 0 fully saturated rings. The summed E-state index contributed by atoms with van der Waals surface area (Å²) in [5, 5.41) is 18.3. The Bertz CT molecular complexity index is 378. The third kappa shape index (κ3) is 2.90. The fourth-order valence-electron chi connectivity index (χ4n) is 1.74. The third-order valence-electron chi connectivity index (χ3n) is 2.70. The van der Waals surface area contributed by atoms with Crippen molar-refractivity contribution in [2.75, 3.05) is 18.0 Å². The molecular weight excluding hydrogens is 200 g/mol. The molecule has 0 amide bonds. The van der Waals surface area contributed by atoms with Crippen molar-refractivity contribution in [1.82, 2.24) is 0 Å². The maximum absolute atomic E-state index is 9.82. The summed E-state index contributed by atoms with van der Waals surface area (Å²) in [6.07, 6.45) is 1.05. The number of nitrogens with zero attached hydrogens (tertiary/aromatic N) is 2. The first-order valence-electron chi connectivity index (χ1n) is 5.66. The Kier molecular flexibility index (Phi) is 4.65. The van der Waals surface area contributed by atoms with Gasteiger partial charge < -0.3 is 10.0 Å². The summed E-state index contributed by atoms with van der Waals surface area (Å²) in [6.45, 7) is 6.02. The fourth-order valence-corrected chi connectivity index (χ4v) is 1.74. The first-order chi connectivity index (χ1) is 7.72. The minimum absolute atomic E-state index is 0.291. The summed E-state index contributed by atoms with van der Waals surface area (Å²) < 4.78 is 0. The van der Waals surface area contributed by atoms with E-state index in [0.717, 1.165) is 24.3 Å². The number of phenolic OH excluding ortho intramolecular Hbond substituents is 1. The highest BCUT2D eigenvalue weighted by molar-refractivity contribution is 5.53. The molecule has 0 aromatic heterocycles. The lowest BCUT2D eigenvalue weighted by molar-refractivity contribution is 0.468. The predicted octanol–water partition coefficient (Wildman–Crippen LogP) is 2.69. The summed E-state index contributed by atoms with van der Waals surface area (Å²) >= 11 is 0. The van der Waals surface area contributed by atoms with Crippen molar-refractivity contribution >= 4 is 5.69 Å². The van der Waals surface area contributed by atoms with Crippen molar-refractivity contribution < 1.29 is 5.11 Å². The quantitative estimate of drug-likeness (QED) is 0.826. The second-order valence-corrected chi connectivity index (χ2v) is 3.64. The molecule has 0 aliphatic rings. The average molecular weight is 218 g/mol. The Morgan fingerprint density at radius 3 is 2.50 bits per heavy atom. The molecule has 0 saturated heterocycles. The molecule has 0 spiro atoms. The maximum Gasteiger partial charge on any atom is 0.120 e. The van der Waals surface area contributed by atoms with Gasteiger partial charge in [-0.1, -0.05) is 6.07 Å². The summed E-state index contributed by atoms with van der Waals surface area (Å²) in [6, 6.07) is 7.76. The zero-order chi connectivity index (χ0) is 12.0. The zero-order valence-corrected chi connectivity index (χ0v) is 9.90. The van der Waals surface area contributed by atoms with E-state index in [-0.39, 0.29) is 0 Å². The standard InChI is InChI=1S/C13H18N2O/c1-3-15(4-2)12-8-7-11(6-5-9-14)13(16)10-12/h7-8,10,16H,3-6H2,1-2H3. The van der Waals surface area contributed by atoms with Crippen LogP contribution < -0.4 is 4.90 Å². The highest BCUT2D eigenvalue weighted by Gasteiger charge is 2.06. The van der Waals surface area contributed by atoms with E-state index in [1.54, 1.807) is 6.07 Å². The van der Waals surface area contributed by atoms with E-state index >= 15 is 0 Å². The predicted molar refractivity (Wildman–Crippen MR) is 65.6 cm³/mol. The van der Waals surface area contributed by atoms with Crippen LogP contribution in [-0.4, -0.2) is 18.2 Å². The van der Waals surface area contributed by atoms with Crippen molar-refractivity contribution in [3.05, 3.63) is 23.8 Å². The van der Waals surface area contributed by atoms with Crippen LogP contribution in [0.3, 0.4) is 0 Å². The van der Waals surface area contributed by atoms with Gasteiger partial charge in [-0.15, -0.1) is 0 Å². The van der Waals surface area contributed by atoms with Gasteiger partial charge in [0, 0.05) is 31.3 Å². The Hall–Kier alpha value is -1.69. The smallest absolute Gasteiger partial charge is 0.120 e. The molecule has 1 rings (SSSR count). The van der Waals surface area contributed by atoms with Crippen LogP contribution in [0.15, 0.2) is 18.2 Å². The molecule has 16 heavy (non-hydrogen) atoms. The first-order valence-corrected chi connectivity index (χ1v) is 5.66. The Morgan fingerprint density at radius 1 is 1.31 bits per heavy atom. The zero-order valence-electron chi connectivity index (χ0n) is 9.90. The van der Waals surface area contributed by atoms with Crippen LogP contribution in [0.5, 0.6) is 5.75 Å². The number of aromatic hydroxyl groups is 1. The van der Waals surface area contributed by atoms with Gasteiger partial charge in [0.15, 0.2) is 0 Å². The molecule has 0 aliphatic carbocycles. The Morgan fingerprint density at radius 2 is 2.00 bits per heavy atom. The molecular formula is C13H18N2O. The van der Waals surface area contributed by atoms with E-state index in [4.69, 9.17) is 5.26 Å². The molecule has 1 N–H and O–H groups in total. The number of phenols is 1. The van der Waals surface area contributed by atoms with Crippen molar-refractivity contribution in [1.29, 1.82) is 5.26 Å². The molecule has 3 heteroatoms.